The summed E-state index contributed by atoms with van der Waals surface area (Å²) in [5.41, 5.74) is 0.675. The molecule has 2 aromatic carbocycles. The monoisotopic (exact) mass is 494 g/mol. The zero-order chi connectivity index (χ0) is 21.2. The van der Waals surface area contributed by atoms with Crippen LogP contribution in [0.1, 0.15) is 18.4 Å². The number of sulfonamides is 1. The number of nitrogens with one attached hydrogen (secondary N) is 1. The number of hydrogen-bond acceptors (Lipinski definition) is 3. The Balaban J connectivity index is 1.73. The number of hydrogen-bond donors (Lipinski definition) is 1. The second-order valence-electron chi connectivity index (χ2n) is 6.74. The van der Waals surface area contributed by atoms with Crippen LogP contribution in [-0.4, -0.2) is 31.7 Å². The smallest absolute Gasteiger partial charge is 0.228 e. The molecule has 1 aliphatic rings. The highest BCUT2D eigenvalue weighted by Crippen LogP contribution is 2.32. The van der Waals surface area contributed by atoms with Crippen molar-refractivity contribution in [2.24, 2.45) is 5.92 Å². The molecule has 5 nitrogen and oxygen atoms in total. The highest BCUT2D eigenvalue weighted by Gasteiger charge is 2.33. The molecule has 0 spiro atoms. The molecule has 1 fully saturated rings. The van der Waals surface area contributed by atoms with Gasteiger partial charge in [-0.05, 0) is 37.1 Å². The SMILES string of the molecule is O=C(Nc1c(Cl)cccc1Cl)[C@H]1CCCN(S(=O)(=O)Cc2c(Cl)cccc2Cl)C1. The van der Waals surface area contributed by atoms with Gasteiger partial charge in [-0.15, -0.1) is 0 Å². The average Bonchev–Trinajstić information content (AvgIpc) is 2.68. The van der Waals surface area contributed by atoms with Gasteiger partial charge in [-0.2, -0.15) is 0 Å². The molecule has 156 valence electrons. The minimum absolute atomic E-state index is 0.0678. The molecule has 0 bridgehead atoms. The van der Waals surface area contributed by atoms with Crippen molar-refractivity contribution in [3.63, 3.8) is 0 Å². The third-order valence-corrected chi connectivity index (χ3v) is 7.86. The maximum Gasteiger partial charge on any atom is 0.228 e. The number of amides is 1. The Morgan fingerprint density at radius 1 is 1.00 bits per heavy atom. The standard InChI is InChI=1S/C19H18Cl4N2O3S/c20-14-5-1-6-15(21)13(14)11-29(27,28)25-9-3-4-12(10-25)19(26)24-18-16(22)7-2-8-17(18)23/h1-2,5-8,12H,3-4,9-11H2,(H,24,26)/t12-/m0/s1. The fourth-order valence-corrected chi connectivity index (χ4v) is 6.05. The fraction of sp³-hybridized carbons (Fsp3) is 0.316. The summed E-state index contributed by atoms with van der Waals surface area (Å²) in [6.45, 7) is 0.402. The van der Waals surface area contributed by atoms with Crippen molar-refractivity contribution < 1.29 is 13.2 Å². The third-order valence-electron chi connectivity index (χ3n) is 4.75. The van der Waals surface area contributed by atoms with Gasteiger partial charge in [-0.1, -0.05) is 58.5 Å². The number of benzene rings is 2. The first-order chi connectivity index (χ1) is 13.7. The van der Waals surface area contributed by atoms with E-state index in [1.807, 2.05) is 0 Å². The number of anilines is 1. The van der Waals surface area contributed by atoms with Crippen LogP contribution in [0, 0.1) is 5.92 Å². The zero-order valence-corrected chi connectivity index (χ0v) is 19.0. The molecule has 29 heavy (non-hydrogen) atoms. The highest BCUT2D eigenvalue weighted by molar-refractivity contribution is 7.88. The summed E-state index contributed by atoms with van der Waals surface area (Å²) in [6.07, 6.45) is 1.12. The molecule has 1 heterocycles. The lowest BCUT2D eigenvalue weighted by molar-refractivity contribution is -0.120. The molecule has 3 rings (SSSR count). The van der Waals surface area contributed by atoms with E-state index in [0.717, 1.165) is 0 Å². The lowest BCUT2D eigenvalue weighted by atomic mass is 9.98. The summed E-state index contributed by atoms with van der Waals surface area (Å²) in [4.78, 5) is 12.7. The molecule has 2 aromatic rings. The topological polar surface area (TPSA) is 66.5 Å². The highest BCUT2D eigenvalue weighted by atomic mass is 35.5. The quantitative estimate of drug-likeness (QED) is 0.597. The third kappa shape index (κ3) is 5.37. The van der Waals surface area contributed by atoms with E-state index in [-0.39, 0.29) is 18.2 Å². The van der Waals surface area contributed by atoms with Gasteiger partial charge in [0.2, 0.25) is 15.9 Å². The number of carbonyl (C=O) groups excluding carboxylic acids is 1. The predicted molar refractivity (Wildman–Crippen MR) is 118 cm³/mol. The van der Waals surface area contributed by atoms with Gasteiger partial charge in [0.15, 0.2) is 0 Å². The van der Waals surface area contributed by atoms with Gasteiger partial charge in [-0.25, -0.2) is 12.7 Å². The molecule has 1 amide bonds. The average molecular weight is 496 g/mol. The van der Waals surface area contributed by atoms with E-state index in [9.17, 15) is 13.2 Å². The normalized spacial score (nSPS) is 17.9. The summed E-state index contributed by atoms with van der Waals surface area (Å²) < 4.78 is 27.2. The van der Waals surface area contributed by atoms with Gasteiger partial charge in [-0.3, -0.25) is 4.79 Å². The summed E-state index contributed by atoms with van der Waals surface area (Å²) in [5.74, 6) is -1.17. The Morgan fingerprint density at radius 3 is 2.14 bits per heavy atom. The molecule has 0 aliphatic carbocycles. The van der Waals surface area contributed by atoms with E-state index in [1.165, 1.54) is 4.31 Å². The Hall–Kier alpha value is -1.02. The van der Waals surface area contributed by atoms with E-state index in [1.54, 1.807) is 36.4 Å². The molecule has 0 radical (unpaired) electrons. The van der Waals surface area contributed by atoms with Crippen molar-refractivity contribution in [3.05, 3.63) is 62.1 Å². The number of rotatable bonds is 5. The largest absolute Gasteiger partial charge is 0.323 e. The first kappa shape index (κ1) is 22.7. The number of piperidine rings is 1. The second-order valence-corrected chi connectivity index (χ2v) is 10.3. The van der Waals surface area contributed by atoms with Crippen LogP contribution in [0.2, 0.25) is 20.1 Å². The maximum absolute atomic E-state index is 12.9. The molecule has 0 unspecified atom stereocenters. The van der Waals surface area contributed by atoms with Crippen molar-refractivity contribution >= 4 is 68.0 Å². The summed E-state index contributed by atoms with van der Waals surface area (Å²) >= 11 is 24.4. The van der Waals surface area contributed by atoms with E-state index >= 15 is 0 Å². The second kappa shape index (κ2) is 9.41. The molecule has 10 heteroatoms. The van der Waals surface area contributed by atoms with Gasteiger partial charge in [0.25, 0.3) is 0 Å². The van der Waals surface area contributed by atoms with Crippen molar-refractivity contribution in [2.75, 3.05) is 18.4 Å². The van der Waals surface area contributed by atoms with E-state index < -0.39 is 15.9 Å². The Bertz CT molecular complexity index is 990. The van der Waals surface area contributed by atoms with E-state index in [0.29, 0.717) is 50.7 Å². The van der Waals surface area contributed by atoms with Crippen LogP contribution in [0.4, 0.5) is 5.69 Å². The molecule has 1 saturated heterocycles. The minimum atomic E-state index is -3.70. The van der Waals surface area contributed by atoms with Crippen LogP contribution in [0.5, 0.6) is 0 Å². The van der Waals surface area contributed by atoms with Crippen molar-refractivity contribution in [2.45, 2.75) is 18.6 Å². The molecule has 1 atom stereocenters. The molecular formula is C19H18Cl4N2O3S. The van der Waals surface area contributed by atoms with Crippen LogP contribution in [0.15, 0.2) is 36.4 Å². The Kier molecular flexibility index (Phi) is 7.36. The van der Waals surface area contributed by atoms with Crippen LogP contribution in [0.3, 0.4) is 0 Å². The molecular weight excluding hydrogens is 478 g/mol. The van der Waals surface area contributed by atoms with Gasteiger partial charge < -0.3 is 5.32 Å². The lowest BCUT2D eigenvalue weighted by Crippen LogP contribution is -2.44. The Labute approximate surface area is 189 Å². The maximum atomic E-state index is 12.9. The fourth-order valence-electron chi connectivity index (χ4n) is 3.20. The lowest BCUT2D eigenvalue weighted by Gasteiger charge is -2.31. The van der Waals surface area contributed by atoms with Gasteiger partial charge in [0.1, 0.15) is 0 Å². The number of nitrogens with zero attached hydrogens (tertiary/aromatic N) is 1. The van der Waals surface area contributed by atoms with Crippen molar-refractivity contribution in [3.8, 4) is 0 Å². The van der Waals surface area contributed by atoms with Gasteiger partial charge >= 0.3 is 0 Å². The first-order valence-electron chi connectivity index (χ1n) is 8.84. The summed E-state index contributed by atoms with van der Waals surface area (Å²) in [6, 6.07) is 9.76. The Morgan fingerprint density at radius 2 is 1.55 bits per heavy atom. The summed E-state index contributed by atoms with van der Waals surface area (Å²) in [7, 11) is -3.70. The first-order valence-corrected chi connectivity index (χ1v) is 12.0. The van der Waals surface area contributed by atoms with E-state index in [2.05, 4.69) is 5.32 Å². The molecule has 1 aliphatic heterocycles. The van der Waals surface area contributed by atoms with Crippen LogP contribution in [-0.2, 0) is 20.6 Å². The van der Waals surface area contributed by atoms with E-state index in [4.69, 9.17) is 46.4 Å². The number of halogens is 4. The van der Waals surface area contributed by atoms with Crippen molar-refractivity contribution in [1.29, 1.82) is 0 Å². The van der Waals surface area contributed by atoms with Crippen LogP contribution < -0.4 is 5.32 Å². The minimum Gasteiger partial charge on any atom is -0.323 e. The predicted octanol–water partition coefficient (Wildman–Crippen LogP) is 5.48. The van der Waals surface area contributed by atoms with Crippen LogP contribution in [0.25, 0.3) is 0 Å². The molecule has 0 saturated carbocycles. The number of carbonyl (C=O) groups is 1. The van der Waals surface area contributed by atoms with Gasteiger partial charge in [0, 0.05) is 28.7 Å². The number of para-hydroxylation sites is 1. The molecule has 1 N–H and O–H groups in total. The summed E-state index contributed by atoms with van der Waals surface area (Å²) in [5, 5.41) is 3.94. The molecule has 0 aromatic heterocycles. The van der Waals surface area contributed by atoms with Gasteiger partial charge in [0.05, 0.1) is 27.4 Å². The van der Waals surface area contributed by atoms with Crippen LogP contribution >= 0.6 is 46.4 Å². The zero-order valence-electron chi connectivity index (χ0n) is 15.2. The van der Waals surface area contributed by atoms with Crippen molar-refractivity contribution in [1.82, 2.24) is 4.31 Å².